The molecule has 196 valence electrons. The highest BCUT2D eigenvalue weighted by Gasteiger charge is 2.69. The average molecular weight is 512 g/mol. The summed E-state index contributed by atoms with van der Waals surface area (Å²) in [5.74, 6) is -0.167. The number of rotatable bonds is 5. The Balaban J connectivity index is 1.17. The van der Waals surface area contributed by atoms with Gasteiger partial charge in [0, 0.05) is 50.7 Å². The van der Waals surface area contributed by atoms with Crippen LogP contribution in [-0.2, 0) is 4.79 Å². The Morgan fingerprint density at radius 2 is 1.76 bits per heavy atom. The molecule has 1 saturated carbocycles. The highest BCUT2D eigenvalue weighted by Crippen LogP contribution is 2.58. The quantitative estimate of drug-likeness (QED) is 0.494. The first-order valence-electron chi connectivity index (χ1n) is 13.2. The van der Waals surface area contributed by atoms with Crippen LogP contribution in [0, 0.1) is 5.41 Å². The second-order valence-electron chi connectivity index (χ2n) is 10.6. The number of hydrogen-bond donors (Lipinski definition) is 0. The van der Waals surface area contributed by atoms with Crippen LogP contribution in [0.5, 0.6) is 0 Å². The smallest absolute Gasteiger partial charge is 0.366 e. The summed E-state index contributed by atoms with van der Waals surface area (Å²) in [7, 11) is 0. The van der Waals surface area contributed by atoms with E-state index in [9.17, 15) is 18.0 Å². The molecule has 1 aromatic carbocycles. The number of anilines is 1. The second kappa shape index (κ2) is 9.04. The van der Waals surface area contributed by atoms with Crippen LogP contribution >= 0.6 is 0 Å². The highest BCUT2D eigenvalue weighted by molar-refractivity contribution is 5.87. The first-order valence-corrected chi connectivity index (χ1v) is 13.2. The van der Waals surface area contributed by atoms with Gasteiger partial charge in [0.15, 0.2) is 0 Å². The van der Waals surface area contributed by atoms with Gasteiger partial charge in [-0.25, -0.2) is 4.52 Å². The average Bonchev–Trinajstić information content (AvgIpc) is 3.40. The number of fused-ring (bicyclic) bond motifs is 1. The van der Waals surface area contributed by atoms with Gasteiger partial charge in [-0.2, -0.15) is 18.3 Å². The molecule has 2 saturated heterocycles. The molecule has 1 atom stereocenters. The minimum absolute atomic E-state index is 0.0910. The Morgan fingerprint density at radius 3 is 2.38 bits per heavy atom. The molecule has 6 nitrogen and oxygen atoms in total. The number of carbonyl (C=O) groups excluding carboxylic acids is 1. The van der Waals surface area contributed by atoms with Crippen molar-refractivity contribution in [3.63, 3.8) is 0 Å². The van der Waals surface area contributed by atoms with E-state index in [4.69, 9.17) is 0 Å². The van der Waals surface area contributed by atoms with Crippen LogP contribution in [0.4, 0.5) is 18.9 Å². The lowest BCUT2D eigenvalue weighted by Crippen LogP contribution is -2.53. The molecule has 2 aliphatic heterocycles. The van der Waals surface area contributed by atoms with Crippen LogP contribution in [0.3, 0.4) is 0 Å². The van der Waals surface area contributed by atoms with Crippen molar-refractivity contribution in [2.45, 2.75) is 38.3 Å². The Labute approximate surface area is 214 Å². The zero-order valence-corrected chi connectivity index (χ0v) is 21.0. The zero-order chi connectivity index (χ0) is 25.8. The van der Waals surface area contributed by atoms with Gasteiger partial charge in [0.2, 0.25) is 5.91 Å². The molecule has 4 heterocycles. The van der Waals surface area contributed by atoms with Gasteiger partial charge in [-0.05, 0) is 61.5 Å². The third-order valence-electron chi connectivity index (χ3n) is 8.53. The van der Waals surface area contributed by atoms with E-state index in [1.54, 1.807) is 6.20 Å². The van der Waals surface area contributed by atoms with Crippen molar-refractivity contribution in [1.82, 2.24) is 19.4 Å². The number of hydrogen-bond acceptors (Lipinski definition) is 4. The fourth-order valence-corrected chi connectivity index (χ4v) is 5.96. The number of alkyl halides is 3. The molecule has 0 N–H and O–H groups in total. The summed E-state index contributed by atoms with van der Waals surface area (Å²) in [6.45, 7) is 7.15. The maximum Gasteiger partial charge on any atom is 0.403 e. The lowest BCUT2D eigenvalue weighted by atomic mass is 9.96. The van der Waals surface area contributed by atoms with Gasteiger partial charge in [0.25, 0.3) is 0 Å². The van der Waals surface area contributed by atoms with Gasteiger partial charge in [0.05, 0.1) is 11.2 Å². The van der Waals surface area contributed by atoms with E-state index in [2.05, 4.69) is 52.2 Å². The Morgan fingerprint density at radius 1 is 1.03 bits per heavy atom. The van der Waals surface area contributed by atoms with Gasteiger partial charge in [-0.3, -0.25) is 4.79 Å². The normalized spacial score (nSPS) is 22.1. The Hall–Kier alpha value is -3.07. The van der Waals surface area contributed by atoms with Crippen molar-refractivity contribution in [3.05, 3.63) is 54.4 Å². The Bertz CT molecular complexity index is 1290. The van der Waals surface area contributed by atoms with Gasteiger partial charge in [-0.15, -0.1) is 0 Å². The summed E-state index contributed by atoms with van der Waals surface area (Å²) in [4.78, 5) is 18.7. The van der Waals surface area contributed by atoms with Crippen molar-refractivity contribution < 1.29 is 18.0 Å². The molecule has 9 heteroatoms. The summed E-state index contributed by atoms with van der Waals surface area (Å²) in [5.41, 5.74) is 3.37. The predicted octanol–water partition coefficient (Wildman–Crippen LogP) is 4.80. The van der Waals surface area contributed by atoms with Crippen molar-refractivity contribution in [1.29, 1.82) is 0 Å². The first kappa shape index (κ1) is 24.3. The van der Waals surface area contributed by atoms with Crippen molar-refractivity contribution in [2.75, 3.05) is 50.7 Å². The van der Waals surface area contributed by atoms with Crippen LogP contribution in [0.15, 0.2) is 48.8 Å². The maximum atomic E-state index is 13.4. The van der Waals surface area contributed by atoms with Gasteiger partial charge in [0.1, 0.15) is 5.41 Å². The van der Waals surface area contributed by atoms with E-state index in [-0.39, 0.29) is 25.9 Å². The van der Waals surface area contributed by atoms with E-state index in [1.165, 1.54) is 16.9 Å². The molecule has 1 amide bonds. The molecule has 0 spiro atoms. The minimum atomic E-state index is -4.47. The molecular formula is C28H32F3N5O. The number of amides is 1. The van der Waals surface area contributed by atoms with E-state index in [0.29, 0.717) is 19.0 Å². The largest absolute Gasteiger partial charge is 0.403 e. The summed E-state index contributed by atoms with van der Waals surface area (Å²) in [6.07, 6.45) is 0.314. The summed E-state index contributed by atoms with van der Waals surface area (Å²) in [5, 5.41) is 4.49. The van der Waals surface area contributed by atoms with E-state index in [1.807, 2.05) is 16.8 Å². The number of carbonyl (C=O) groups is 1. The van der Waals surface area contributed by atoms with E-state index < -0.39 is 17.5 Å². The molecule has 3 aliphatic rings. The van der Waals surface area contributed by atoms with Crippen molar-refractivity contribution in [2.24, 2.45) is 5.41 Å². The number of likely N-dealkylation sites (N-methyl/N-ethyl adjacent to an activating group) is 1. The maximum absolute atomic E-state index is 13.4. The third kappa shape index (κ3) is 4.27. The van der Waals surface area contributed by atoms with Crippen LogP contribution in [-0.4, -0.2) is 77.3 Å². The molecule has 1 aliphatic carbocycles. The highest BCUT2D eigenvalue weighted by atomic mass is 19.4. The lowest BCUT2D eigenvalue weighted by molar-refractivity contribution is -0.198. The molecule has 2 aromatic heterocycles. The van der Waals surface area contributed by atoms with Crippen molar-refractivity contribution >= 4 is 17.1 Å². The standard InChI is InChI=1S/C28H32F3N5O/c1-2-33-12-8-22(18-33)20-3-5-21(6-4-20)23-17-25-24(7-11-32-36(25)19-23)34-13-15-35(16-14-34)26(37)27(9-10-27)28(29,30)31/h3-7,11,17,19,22H,2,8-10,12-16,18H2,1H3. The second-order valence-corrected chi connectivity index (χ2v) is 10.6. The molecule has 3 fully saturated rings. The van der Waals surface area contributed by atoms with Gasteiger partial charge >= 0.3 is 6.18 Å². The monoisotopic (exact) mass is 511 g/mol. The van der Waals surface area contributed by atoms with Gasteiger partial charge in [-0.1, -0.05) is 31.2 Å². The SMILES string of the molecule is CCN1CCC(c2ccc(-c3cc4c(N5CCN(C(=O)C6(C(F)(F)F)CC6)CC5)ccnn4c3)cc2)C1. The number of likely N-dealkylation sites (tertiary alicyclic amines) is 1. The van der Waals surface area contributed by atoms with Crippen LogP contribution in [0.1, 0.15) is 37.7 Å². The van der Waals surface area contributed by atoms with E-state index >= 15 is 0 Å². The fraction of sp³-hybridized carbons (Fsp3) is 0.500. The number of halogens is 3. The lowest BCUT2D eigenvalue weighted by Gasteiger charge is -2.38. The molecular weight excluding hydrogens is 479 g/mol. The first-order chi connectivity index (χ1) is 17.8. The summed E-state index contributed by atoms with van der Waals surface area (Å²) >= 11 is 0. The zero-order valence-electron chi connectivity index (χ0n) is 21.0. The minimum Gasteiger partial charge on any atom is -0.366 e. The molecule has 37 heavy (non-hydrogen) atoms. The van der Waals surface area contributed by atoms with Crippen molar-refractivity contribution in [3.8, 4) is 11.1 Å². The molecule has 1 unspecified atom stereocenters. The van der Waals surface area contributed by atoms with Crippen LogP contribution < -0.4 is 4.90 Å². The molecule has 0 radical (unpaired) electrons. The summed E-state index contributed by atoms with van der Waals surface area (Å²) in [6, 6.07) is 12.9. The van der Waals surface area contributed by atoms with Crippen LogP contribution in [0.25, 0.3) is 16.6 Å². The number of piperazine rings is 1. The molecule has 3 aromatic rings. The summed E-state index contributed by atoms with van der Waals surface area (Å²) < 4.78 is 42.1. The predicted molar refractivity (Wildman–Crippen MR) is 137 cm³/mol. The van der Waals surface area contributed by atoms with E-state index in [0.717, 1.165) is 42.0 Å². The van der Waals surface area contributed by atoms with Gasteiger partial charge < -0.3 is 14.7 Å². The fourth-order valence-electron chi connectivity index (χ4n) is 5.96. The molecule has 0 bridgehead atoms. The third-order valence-corrected chi connectivity index (χ3v) is 8.53. The number of benzene rings is 1. The number of aromatic nitrogens is 2. The topological polar surface area (TPSA) is 44.1 Å². The Kier molecular flexibility index (Phi) is 5.93. The molecule has 6 rings (SSSR count). The van der Waals surface area contributed by atoms with Crippen LogP contribution in [0.2, 0.25) is 0 Å². The number of nitrogens with zero attached hydrogens (tertiary/aromatic N) is 5.